The van der Waals surface area contributed by atoms with Crippen molar-refractivity contribution >= 4 is 5.91 Å². The highest BCUT2D eigenvalue weighted by Gasteiger charge is 2.21. The number of methoxy groups -OCH3 is 1. The Balaban J connectivity index is 2.06. The van der Waals surface area contributed by atoms with E-state index in [-0.39, 0.29) is 5.91 Å². The molecule has 1 aromatic rings. The molecule has 0 aromatic carbocycles. The van der Waals surface area contributed by atoms with Crippen molar-refractivity contribution in [3.63, 3.8) is 0 Å². The van der Waals surface area contributed by atoms with Crippen molar-refractivity contribution in [2.45, 2.75) is 26.4 Å². The second kappa shape index (κ2) is 5.96. The first-order chi connectivity index (χ1) is 8.70. The molecule has 0 atom stereocenters. The number of amides is 1. The number of aromatic nitrogens is 1. The Morgan fingerprint density at radius 3 is 2.83 bits per heavy atom. The molecule has 98 valence electrons. The van der Waals surface area contributed by atoms with Crippen LogP contribution in [0.3, 0.4) is 0 Å². The summed E-state index contributed by atoms with van der Waals surface area (Å²) >= 11 is 0. The van der Waals surface area contributed by atoms with Crippen LogP contribution in [0.25, 0.3) is 0 Å². The first kappa shape index (κ1) is 13.0. The third-order valence-electron chi connectivity index (χ3n) is 3.42. The molecule has 0 N–H and O–H groups in total. The van der Waals surface area contributed by atoms with Crippen molar-refractivity contribution in [3.8, 4) is 0 Å². The summed E-state index contributed by atoms with van der Waals surface area (Å²) in [5.41, 5.74) is 1.60. The largest absolute Gasteiger partial charge is 0.380 e. The van der Waals surface area contributed by atoms with Gasteiger partial charge in [-0.3, -0.25) is 9.78 Å². The Hall–Kier alpha value is -1.42. The number of likely N-dealkylation sites (tertiary alicyclic amines) is 1. The third-order valence-corrected chi connectivity index (χ3v) is 3.42. The highest BCUT2D eigenvalue weighted by Crippen LogP contribution is 2.18. The second-order valence-electron chi connectivity index (χ2n) is 4.99. The summed E-state index contributed by atoms with van der Waals surface area (Å²) < 4.78 is 5.06. The molecule has 1 amide bonds. The lowest BCUT2D eigenvalue weighted by Gasteiger charge is -2.30. The number of piperidine rings is 1. The molecule has 0 spiro atoms. The zero-order valence-corrected chi connectivity index (χ0v) is 11.1. The Kier molecular flexibility index (Phi) is 4.31. The van der Waals surface area contributed by atoms with E-state index in [9.17, 15) is 4.79 Å². The van der Waals surface area contributed by atoms with Gasteiger partial charge in [0, 0.05) is 32.6 Å². The molecule has 18 heavy (non-hydrogen) atoms. The molecule has 1 saturated heterocycles. The van der Waals surface area contributed by atoms with E-state index in [0.717, 1.165) is 37.4 Å². The molecule has 0 saturated carbocycles. The fourth-order valence-corrected chi connectivity index (χ4v) is 2.24. The van der Waals surface area contributed by atoms with Crippen molar-refractivity contribution in [2.75, 3.05) is 20.2 Å². The summed E-state index contributed by atoms with van der Waals surface area (Å²) in [6, 6.07) is 1.87. The van der Waals surface area contributed by atoms with E-state index in [1.54, 1.807) is 19.5 Å². The highest BCUT2D eigenvalue weighted by atomic mass is 16.5. The van der Waals surface area contributed by atoms with Crippen LogP contribution in [0.5, 0.6) is 0 Å². The number of hydrogen-bond acceptors (Lipinski definition) is 3. The SMILES string of the molecule is COCc1cncc(C(=O)N2CCC(C)CC2)c1. The lowest BCUT2D eigenvalue weighted by molar-refractivity contribution is 0.0696. The van der Waals surface area contributed by atoms with Crippen LogP contribution >= 0.6 is 0 Å². The number of carbonyl (C=O) groups is 1. The maximum absolute atomic E-state index is 12.3. The Morgan fingerprint density at radius 2 is 2.17 bits per heavy atom. The molecule has 1 aliphatic rings. The van der Waals surface area contributed by atoms with Crippen LogP contribution in [0.15, 0.2) is 18.5 Å². The first-order valence-corrected chi connectivity index (χ1v) is 6.43. The van der Waals surface area contributed by atoms with Crippen LogP contribution in [-0.2, 0) is 11.3 Å². The topological polar surface area (TPSA) is 42.4 Å². The number of hydrogen-bond donors (Lipinski definition) is 0. The first-order valence-electron chi connectivity index (χ1n) is 6.43. The summed E-state index contributed by atoms with van der Waals surface area (Å²) in [7, 11) is 1.64. The molecule has 1 fully saturated rings. The lowest BCUT2D eigenvalue weighted by Crippen LogP contribution is -2.38. The fraction of sp³-hybridized carbons (Fsp3) is 0.571. The molecule has 2 rings (SSSR count). The number of rotatable bonds is 3. The van der Waals surface area contributed by atoms with Crippen molar-refractivity contribution < 1.29 is 9.53 Å². The van der Waals surface area contributed by atoms with Crippen molar-refractivity contribution in [1.29, 1.82) is 0 Å². The van der Waals surface area contributed by atoms with Crippen molar-refractivity contribution in [3.05, 3.63) is 29.6 Å². The number of ether oxygens (including phenoxy) is 1. The van der Waals surface area contributed by atoms with Gasteiger partial charge in [-0.1, -0.05) is 6.92 Å². The van der Waals surface area contributed by atoms with E-state index >= 15 is 0 Å². The molecule has 4 heteroatoms. The average Bonchev–Trinajstić information content (AvgIpc) is 2.39. The summed E-state index contributed by atoms with van der Waals surface area (Å²) in [6.07, 6.45) is 5.56. The van der Waals surface area contributed by atoms with Gasteiger partial charge in [0.05, 0.1) is 12.2 Å². The summed E-state index contributed by atoms with van der Waals surface area (Å²) in [6.45, 7) is 4.44. The molecule has 1 aliphatic heterocycles. The minimum absolute atomic E-state index is 0.0901. The molecular weight excluding hydrogens is 228 g/mol. The molecule has 4 nitrogen and oxygen atoms in total. The lowest BCUT2D eigenvalue weighted by atomic mass is 9.99. The zero-order valence-electron chi connectivity index (χ0n) is 11.1. The van der Waals surface area contributed by atoms with Gasteiger partial charge in [-0.05, 0) is 30.4 Å². The van der Waals surface area contributed by atoms with Gasteiger partial charge >= 0.3 is 0 Å². The van der Waals surface area contributed by atoms with Crippen LogP contribution in [0.4, 0.5) is 0 Å². The van der Waals surface area contributed by atoms with Gasteiger partial charge in [-0.15, -0.1) is 0 Å². The minimum Gasteiger partial charge on any atom is -0.380 e. The van der Waals surface area contributed by atoms with Gasteiger partial charge in [-0.2, -0.15) is 0 Å². The van der Waals surface area contributed by atoms with Crippen LogP contribution in [0.2, 0.25) is 0 Å². The third kappa shape index (κ3) is 3.07. The van der Waals surface area contributed by atoms with E-state index < -0.39 is 0 Å². The van der Waals surface area contributed by atoms with E-state index in [4.69, 9.17) is 4.74 Å². The maximum Gasteiger partial charge on any atom is 0.255 e. The minimum atomic E-state index is 0.0901. The molecule has 0 bridgehead atoms. The maximum atomic E-state index is 12.3. The van der Waals surface area contributed by atoms with E-state index in [0.29, 0.717) is 12.2 Å². The van der Waals surface area contributed by atoms with Crippen LogP contribution in [-0.4, -0.2) is 36.0 Å². The highest BCUT2D eigenvalue weighted by molar-refractivity contribution is 5.94. The predicted molar refractivity (Wildman–Crippen MR) is 69.3 cm³/mol. The Bertz CT molecular complexity index is 412. The molecule has 0 unspecified atom stereocenters. The standard InChI is InChI=1S/C14H20N2O2/c1-11-3-5-16(6-4-11)14(17)13-7-12(10-18-2)8-15-9-13/h7-9,11H,3-6,10H2,1-2H3. The summed E-state index contributed by atoms with van der Waals surface area (Å²) in [5, 5.41) is 0. The van der Waals surface area contributed by atoms with Gasteiger partial charge in [0.25, 0.3) is 5.91 Å². The van der Waals surface area contributed by atoms with E-state index in [2.05, 4.69) is 11.9 Å². The normalized spacial score (nSPS) is 16.9. The molecule has 2 heterocycles. The van der Waals surface area contributed by atoms with Crippen molar-refractivity contribution in [2.24, 2.45) is 5.92 Å². The van der Waals surface area contributed by atoms with Gasteiger partial charge in [0.15, 0.2) is 0 Å². The molecule has 0 aliphatic carbocycles. The van der Waals surface area contributed by atoms with Gasteiger partial charge in [-0.25, -0.2) is 0 Å². The average molecular weight is 248 g/mol. The summed E-state index contributed by atoms with van der Waals surface area (Å²) in [5.74, 6) is 0.819. The zero-order chi connectivity index (χ0) is 13.0. The van der Waals surface area contributed by atoms with Crippen LogP contribution < -0.4 is 0 Å². The van der Waals surface area contributed by atoms with Crippen LogP contribution in [0.1, 0.15) is 35.7 Å². The quantitative estimate of drug-likeness (QED) is 0.822. The Labute approximate surface area is 108 Å². The van der Waals surface area contributed by atoms with Gasteiger partial charge in [0.2, 0.25) is 0 Å². The molecule has 1 aromatic heterocycles. The number of nitrogens with zero attached hydrogens (tertiary/aromatic N) is 2. The Morgan fingerprint density at radius 1 is 1.44 bits per heavy atom. The molecule has 0 radical (unpaired) electrons. The number of pyridine rings is 1. The van der Waals surface area contributed by atoms with Gasteiger partial charge < -0.3 is 9.64 Å². The fourth-order valence-electron chi connectivity index (χ4n) is 2.24. The van der Waals surface area contributed by atoms with Crippen molar-refractivity contribution in [1.82, 2.24) is 9.88 Å². The monoisotopic (exact) mass is 248 g/mol. The van der Waals surface area contributed by atoms with Gasteiger partial charge in [0.1, 0.15) is 0 Å². The van der Waals surface area contributed by atoms with Crippen LogP contribution in [0, 0.1) is 5.92 Å². The van der Waals surface area contributed by atoms with E-state index in [1.807, 2.05) is 11.0 Å². The number of carbonyl (C=O) groups excluding carboxylic acids is 1. The predicted octanol–water partition coefficient (Wildman–Crippen LogP) is 2.10. The summed E-state index contributed by atoms with van der Waals surface area (Å²) in [4.78, 5) is 18.3. The second-order valence-corrected chi connectivity index (χ2v) is 4.99. The molecular formula is C14H20N2O2. The van der Waals surface area contributed by atoms with E-state index in [1.165, 1.54) is 0 Å². The smallest absolute Gasteiger partial charge is 0.255 e.